The van der Waals surface area contributed by atoms with E-state index in [1.807, 2.05) is 0 Å². The third-order valence-electron chi connectivity index (χ3n) is 2.32. The summed E-state index contributed by atoms with van der Waals surface area (Å²) in [4.78, 5) is 20.0. The lowest BCUT2D eigenvalue weighted by Crippen LogP contribution is -2.09. The number of halogens is 1. The Labute approximate surface area is 117 Å². The van der Waals surface area contributed by atoms with Crippen molar-refractivity contribution in [1.82, 2.24) is 9.97 Å². The minimum atomic E-state index is -0.461. The number of nitrogens with two attached hydrogens (primary N) is 1. The molecule has 0 unspecified atom stereocenters. The van der Waals surface area contributed by atoms with Gasteiger partial charge in [-0.3, -0.25) is 0 Å². The number of pyridine rings is 2. The largest absolute Gasteiger partial charge is 0.461 e. The van der Waals surface area contributed by atoms with Crippen LogP contribution in [0.3, 0.4) is 0 Å². The molecular formula is C13H14ClN3O2. The zero-order valence-electron chi connectivity index (χ0n) is 10.4. The number of carbonyl (C=O) groups excluding carboxylic acids is 1. The summed E-state index contributed by atoms with van der Waals surface area (Å²) in [6.45, 7) is 2.05. The van der Waals surface area contributed by atoms with Gasteiger partial charge in [-0.05, 0) is 31.2 Å². The van der Waals surface area contributed by atoms with Gasteiger partial charge in [-0.1, -0.05) is 6.07 Å². The first-order valence-corrected chi connectivity index (χ1v) is 5.57. The Balaban J connectivity index is 0.00000180. The van der Waals surface area contributed by atoms with Crippen molar-refractivity contribution in [2.45, 2.75) is 6.92 Å². The fraction of sp³-hybridized carbons (Fsp3) is 0.154. The molecule has 100 valence electrons. The summed E-state index contributed by atoms with van der Waals surface area (Å²) < 4.78 is 4.96. The van der Waals surface area contributed by atoms with Crippen LogP contribution in [0.15, 0.2) is 36.5 Å². The van der Waals surface area contributed by atoms with E-state index in [-0.39, 0.29) is 18.1 Å². The monoisotopic (exact) mass is 279 g/mol. The van der Waals surface area contributed by atoms with Crippen LogP contribution in [0.2, 0.25) is 0 Å². The minimum absolute atomic E-state index is 0. The van der Waals surface area contributed by atoms with Crippen LogP contribution in [0.25, 0.3) is 11.3 Å². The second-order valence-electron chi connectivity index (χ2n) is 3.57. The lowest BCUT2D eigenvalue weighted by Gasteiger charge is -2.07. The van der Waals surface area contributed by atoms with Gasteiger partial charge in [-0.25, -0.2) is 14.8 Å². The van der Waals surface area contributed by atoms with Crippen LogP contribution in [0.5, 0.6) is 0 Å². The smallest absolute Gasteiger partial charge is 0.357 e. The van der Waals surface area contributed by atoms with E-state index >= 15 is 0 Å². The number of carbonyl (C=O) groups is 1. The van der Waals surface area contributed by atoms with Gasteiger partial charge in [0.15, 0.2) is 5.69 Å². The van der Waals surface area contributed by atoms with Gasteiger partial charge in [-0.15, -0.1) is 12.4 Å². The Kier molecular flexibility index (Phi) is 5.26. The Hall–Kier alpha value is -2.14. The molecule has 2 heterocycles. The predicted octanol–water partition coefficient (Wildman–Crippen LogP) is 2.32. The van der Waals surface area contributed by atoms with Crippen LogP contribution in [-0.2, 0) is 4.74 Å². The summed E-state index contributed by atoms with van der Waals surface area (Å²) in [6, 6.07) is 8.74. The molecule has 0 amide bonds. The molecule has 0 bridgehead atoms. The number of aromatic nitrogens is 2. The lowest BCUT2D eigenvalue weighted by atomic mass is 10.1. The summed E-state index contributed by atoms with van der Waals surface area (Å²) in [7, 11) is 0. The second-order valence-corrected chi connectivity index (χ2v) is 3.57. The summed E-state index contributed by atoms with van der Waals surface area (Å²) in [5, 5.41) is 0. The van der Waals surface area contributed by atoms with Crippen LogP contribution < -0.4 is 5.73 Å². The molecule has 0 aromatic carbocycles. The summed E-state index contributed by atoms with van der Waals surface area (Å²) in [5.41, 5.74) is 7.10. The molecule has 0 atom stereocenters. The maximum absolute atomic E-state index is 11.8. The van der Waals surface area contributed by atoms with Gasteiger partial charge in [0.1, 0.15) is 5.82 Å². The first kappa shape index (κ1) is 14.9. The Bertz CT molecular complexity index is 575. The molecule has 0 aliphatic carbocycles. The van der Waals surface area contributed by atoms with Gasteiger partial charge in [-0.2, -0.15) is 0 Å². The van der Waals surface area contributed by atoms with Gasteiger partial charge in [0.05, 0.1) is 12.3 Å². The molecule has 0 radical (unpaired) electrons. The van der Waals surface area contributed by atoms with Crippen LogP contribution in [0.1, 0.15) is 17.4 Å². The summed E-state index contributed by atoms with van der Waals surface area (Å²) in [6.07, 6.45) is 1.54. The first-order chi connectivity index (χ1) is 8.72. The Morgan fingerprint density at radius 3 is 2.79 bits per heavy atom. The fourth-order valence-corrected chi connectivity index (χ4v) is 1.58. The number of nitrogens with zero attached hydrogens (tertiary/aromatic N) is 2. The normalized spacial score (nSPS) is 9.53. The highest BCUT2D eigenvalue weighted by Gasteiger charge is 2.15. The van der Waals surface area contributed by atoms with E-state index in [9.17, 15) is 4.79 Å². The number of anilines is 1. The lowest BCUT2D eigenvalue weighted by molar-refractivity contribution is 0.0520. The maximum atomic E-state index is 11.8. The quantitative estimate of drug-likeness (QED) is 0.873. The molecule has 0 fully saturated rings. The van der Waals surface area contributed by atoms with Crippen molar-refractivity contribution < 1.29 is 9.53 Å². The third kappa shape index (κ3) is 3.42. The van der Waals surface area contributed by atoms with E-state index in [0.29, 0.717) is 23.7 Å². The highest BCUT2D eigenvalue weighted by molar-refractivity contribution is 5.94. The molecule has 0 spiro atoms. The molecular weight excluding hydrogens is 266 g/mol. The van der Waals surface area contributed by atoms with Crippen molar-refractivity contribution in [3.05, 3.63) is 42.2 Å². The molecule has 0 aliphatic rings. The van der Waals surface area contributed by atoms with Crippen LogP contribution in [0.4, 0.5) is 5.82 Å². The first-order valence-electron chi connectivity index (χ1n) is 5.57. The van der Waals surface area contributed by atoms with Gasteiger partial charge < -0.3 is 10.5 Å². The van der Waals surface area contributed by atoms with Crippen LogP contribution in [-0.4, -0.2) is 22.5 Å². The van der Waals surface area contributed by atoms with E-state index in [1.165, 1.54) is 0 Å². The topological polar surface area (TPSA) is 78.1 Å². The van der Waals surface area contributed by atoms with E-state index in [0.717, 1.165) is 0 Å². The van der Waals surface area contributed by atoms with Gasteiger partial charge in [0, 0.05) is 11.8 Å². The zero-order valence-corrected chi connectivity index (χ0v) is 11.2. The van der Waals surface area contributed by atoms with Gasteiger partial charge >= 0.3 is 5.97 Å². The molecule has 2 aromatic heterocycles. The van der Waals surface area contributed by atoms with E-state index in [1.54, 1.807) is 43.5 Å². The van der Waals surface area contributed by atoms with Crippen molar-refractivity contribution >= 4 is 24.2 Å². The molecule has 0 saturated carbocycles. The average Bonchev–Trinajstić information content (AvgIpc) is 2.39. The van der Waals surface area contributed by atoms with E-state index < -0.39 is 5.97 Å². The van der Waals surface area contributed by atoms with Gasteiger partial charge in [0.25, 0.3) is 0 Å². The number of esters is 1. The van der Waals surface area contributed by atoms with Crippen LogP contribution in [0, 0.1) is 0 Å². The second kappa shape index (κ2) is 6.70. The summed E-state index contributed by atoms with van der Waals surface area (Å²) in [5.74, 6) is -0.0662. The third-order valence-corrected chi connectivity index (χ3v) is 2.32. The highest BCUT2D eigenvalue weighted by Crippen LogP contribution is 2.21. The zero-order chi connectivity index (χ0) is 13.0. The van der Waals surface area contributed by atoms with E-state index in [2.05, 4.69) is 9.97 Å². The molecule has 0 saturated heterocycles. The molecule has 19 heavy (non-hydrogen) atoms. The molecule has 2 rings (SSSR count). The molecule has 2 N–H and O–H groups in total. The van der Waals surface area contributed by atoms with Crippen molar-refractivity contribution in [3.8, 4) is 11.3 Å². The molecule has 2 aromatic rings. The number of nitrogen functional groups attached to an aromatic ring is 1. The number of hydrogen-bond acceptors (Lipinski definition) is 5. The molecule has 5 nitrogen and oxygen atoms in total. The van der Waals surface area contributed by atoms with Crippen molar-refractivity contribution in [1.29, 1.82) is 0 Å². The SMILES string of the molecule is CCOC(=O)c1ncccc1-c1cccc(N)n1.Cl. The number of hydrogen-bond donors (Lipinski definition) is 1. The Morgan fingerprint density at radius 2 is 2.11 bits per heavy atom. The average molecular weight is 280 g/mol. The fourth-order valence-electron chi connectivity index (χ4n) is 1.58. The van der Waals surface area contributed by atoms with Crippen LogP contribution >= 0.6 is 12.4 Å². The minimum Gasteiger partial charge on any atom is -0.461 e. The standard InChI is InChI=1S/C13H13N3O2.ClH/c1-2-18-13(17)12-9(5-4-8-15-12)10-6-3-7-11(14)16-10;/h3-8H,2H2,1H3,(H2,14,16);1H. The van der Waals surface area contributed by atoms with Crippen molar-refractivity contribution in [3.63, 3.8) is 0 Å². The molecule has 6 heteroatoms. The van der Waals surface area contributed by atoms with Gasteiger partial charge in [0.2, 0.25) is 0 Å². The highest BCUT2D eigenvalue weighted by atomic mass is 35.5. The predicted molar refractivity (Wildman–Crippen MR) is 75.1 cm³/mol. The summed E-state index contributed by atoms with van der Waals surface area (Å²) >= 11 is 0. The number of rotatable bonds is 3. The van der Waals surface area contributed by atoms with Crippen molar-refractivity contribution in [2.75, 3.05) is 12.3 Å². The Morgan fingerprint density at radius 1 is 1.32 bits per heavy atom. The van der Waals surface area contributed by atoms with E-state index in [4.69, 9.17) is 10.5 Å². The maximum Gasteiger partial charge on any atom is 0.357 e. The number of ether oxygens (including phenoxy) is 1. The molecule has 0 aliphatic heterocycles. The van der Waals surface area contributed by atoms with Crippen molar-refractivity contribution in [2.24, 2.45) is 0 Å².